The molecular formula is C18H25NO. The van der Waals surface area contributed by atoms with E-state index in [1.54, 1.807) is 0 Å². The number of Topliss-reactive ketones (excluding diaryl/α,β-unsaturated/α-hetero) is 1. The van der Waals surface area contributed by atoms with Crippen LogP contribution in [0, 0.1) is 5.92 Å². The van der Waals surface area contributed by atoms with Gasteiger partial charge < -0.3 is 5.32 Å². The van der Waals surface area contributed by atoms with Gasteiger partial charge in [-0.25, -0.2) is 0 Å². The summed E-state index contributed by atoms with van der Waals surface area (Å²) >= 11 is 0. The van der Waals surface area contributed by atoms with Gasteiger partial charge >= 0.3 is 0 Å². The topological polar surface area (TPSA) is 29.1 Å². The van der Waals surface area contributed by atoms with Gasteiger partial charge in [0, 0.05) is 12.8 Å². The van der Waals surface area contributed by atoms with Crippen LogP contribution in [-0.4, -0.2) is 18.9 Å². The second kappa shape index (κ2) is 6.53. The molecule has 1 aliphatic carbocycles. The van der Waals surface area contributed by atoms with Crippen LogP contribution in [0.25, 0.3) is 0 Å². The summed E-state index contributed by atoms with van der Waals surface area (Å²) in [6.45, 7) is 2.24. The van der Waals surface area contributed by atoms with Crippen molar-refractivity contribution >= 4 is 5.78 Å². The number of benzene rings is 1. The molecule has 2 heteroatoms. The van der Waals surface area contributed by atoms with Crippen molar-refractivity contribution in [3.8, 4) is 0 Å². The van der Waals surface area contributed by atoms with E-state index in [4.69, 9.17) is 0 Å². The molecule has 1 aromatic carbocycles. The van der Waals surface area contributed by atoms with Crippen LogP contribution < -0.4 is 5.32 Å². The first-order chi connectivity index (χ1) is 9.83. The number of nitrogens with one attached hydrogen (secondary N) is 1. The molecule has 0 amide bonds. The lowest BCUT2D eigenvalue weighted by molar-refractivity contribution is -0.119. The maximum atomic E-state index is 12.3. The Bertz CT molecular complexity index is 462. The van der Waals surface area contributed by atoms with Crippen molar-refractivity contribution in [3.05, 3.63) is 35.4 Å². The average molecular weight is 271 g/mol. The molecule has 2 unspecified atom stereocenters. The molecule has 1 aromatic rings. The van der Waals surface area contributed by atoms with E-state index in [-0.39, 0.29) is 0 Å². The fourth-order valence-electron chi connectivity index (χ4n) is 3.77. The second-order valence-corrected chi connectivity index (χ2v) is 6.43. The molecule has 1 heterocycles. The maximum Gasteiger partial charge on any atom is 0.133 e. The summed E-state index contributed by atoms with van der Waals surface area (Å²) in [4.78, 5) is 12.3. The van der Waals surface area contributed by atoms with Crippen LogP contribution in [0.3, 0.4) is 0 Å². The zero-order valence-electron chi connectivity index (χ0n) is 12.2. The lowest BCUT2D eigenvalue weighted by atomic mass is 9.80. The Morgan fingerprint density at radius 2 is 2.15 bits per heavy atom. The predicted octanol–water partition coefficient (Wildman–Crippen LogP) is 3.46. The quantitative estimate of drug-likeness (QED) is 0.888. The summed E-state index contributed by atoms with van der Waals surface area (Å²) in [5.41, 5.74) is 2.91. The Morgan fingerprint density at radius 3 is 3.00 bits per heavy atom. The van der Waals surface area contributed by atoms with Crippen LogP contribution in [0.1, 0.15) is 55.6 Å². The minimum atomic E-state index is 0.471. The van der Waals surface area contributed by atoms with E-state index >= 15 is 0 Å². The number of hydrogen-bond acceptors (Lipinski definition) is 2. The minimum Gasteiger partial charge on any atom is -0.316 e. The van der Waals surface area contributed by atoms with Crippen LogP contribution >= 0.6 is 0 Å². The second-order valence-electron chi connectivity index (χ2n) is 6.43. The van der Waals surface area contributed by atoms with Gasteiger partial charge in [-0.1, -0.05) is 24.3 Å². The Morgan fingerprint density at radius 1 is 1.25 bits per heavy atom. The van der Waals surface area contributed by atoms with Crippen LogP contribution in [0.5, 0.6) is 0 Å². The van der Waals surface area contributed by atoms with E-state index in [0.717, 1.165) is 38.3 Å². The smallest absolute Gasteiger partial charge is 0.133 e. The summed E-state index contributed by atoms with van der Waals surface area (Å²) in [5, 5.41) is 3.38. The number of hydrogen-bond donors (Lipinski definition) is 1. The van der Waals surface area contributed by atoms with Crippen molar-refractivity contribution in [3.63, 3.8) is 0 Å². The molecule has 2 nitrogen and oxygen atoms in total. The molecule has 108 valence electrons. The van der Waals surface area contributed by atoms with Gasteiger partial charge in [0.05, 0.1) is 0 Å². The van der Waals surface area contributed by atoms with Gasteiger partial charge in [0.15, 0.2) is 0 Å². The van der Waals surface area contributed by atoms with Crippen molar-refractivity contribution in [2.75, 3.05) is 13.1 Å². The Hall–Kier alpha value is -1.15. The molecule has 0 radical (unpaired) electrons. The first kappa shape index (κ1) is 13.8. The highest BCUT2D eigenvalue weighted by molar-refractivity contribution is 5.79. The standard InChI is InChI=1S/C18H25NO/c20-17(9-8-14-10-11-19-13-14)12-16-6-3-5-15-4-1-2-7-18(15)16/h1-2,4,7,14,16,19H,3,5-6,8-13H2. The molecule has 1 saturated heterocycles. The molecule has 1 aliphatic heterocycles. The Balaban J connectivity index is 1.54. The molecule has 1 fully saturated rings. The SMILES string of the molecule is O=C(CCC1CCNC1)CC1CCCc2ccccc21. The van der Waals surface area contributed by atoms with E-state index in [2.05, 4.69) is 29.6 Å². The van der Waals surface area contributed by atoms with Gasteiger partial charge in [-0.3, -0.25) is 4.79 Å². The van der Waals surface area contributed by atoms with Gasteiger partial charge in [0.2, 0.25) is 0 Å². The number of ketones is 1. The van der Waals surface area contributed by atoms with Gasteiger partial charge in [-0.05, 0) is 68.2 Å². The fourth-order valence-corrected chi connectivity index (χ4v) is 3.77. The fraction of sp³-hybridized carbons (Fsp3) is 0.611. The van der Waals surface area contributed by atoms with Crippen molar-refractivity contribution in [2.45, 2.75) is 50.9 Å². The molecule has 1 N–H and O–H groups in total. The van der Waals surface area contributed by atoms with Crippen LogP contribution in [0.4, 0.5) is 0 Å². The summed E-state index contributed by atoms with van der Waals surface area (Å²) < 4.78 is 0. The van der Waals surface area contributed by atoms with Crippen molar-refractivity contribution in [2.24, 2.45) is 5.92 Å². The normalized spacial score (nSPS) is 25.4. The molecule has 0 spiro atoms. The highest BCUT2D eigenvalue weighted by atomic mass is 16.1. The summed E-state index contributed by atoms with van der Waals surface area (Å²) in [7, 11) is 0. The third-order valence-corrected chi connectivity index (χ3v) is 4.96. The van der Waals surface area contributed by atoms with E-state index < -0.39 is 0 Å². The summed E-state index contributed by atoms with van der Waals surface area (Å²) in [6.07, 6.45) is 7.49. The molecule has 2 aliphatic rings. The van der Waals surface area contributed by atoms with Crippen LogP contribution in [0.15, 0.2) is 24.3 Å². The molecule has 3 rings (SSSR count). The van der Waals surface area contributed by atoms with Gasteiger partial charge in [-0.15, -0.1) is 0 Å². The number of carbonyl (C=O) groups is 1. The van der Waals surface area contributed by atoms with Gasteiger partial charge in [0.25, 0.3) is 0 Å². The summed E-state index contributed by atoms with van der Waals surface area (Å²) in [6, 6.07) is 8.70. The Kier molecular flexibility index (Phi) is 4.51. The monoisotopic (exact) mass is 271 g/mol. The highest BCUT2D eigenvalue weighted by Gasteiger charge is 2.23. The molecule has 0 saturated carbocycles. The first-order valence-corrected chi connectivity index (χ1v) is 8.13. The molecule has 2 atom stereocenters. The van der Waals surface area contributed by atoms with Crippen LogP contribution in [0.2, 0.25) is 0 Å². The van der Waals surface area contributed by atoms with Gasteiger partial charge in [-0.2, -0.15) is 0 Å². The first-order valence-electron chi connectivity index (χ1n) is 8.13. The number of fused-ring (bicyclic) bond motifs is 1. The van der Waals surface area contributed by atoms with E-state index in [0.29, 0.717) is 11.7 Å². The van der Waals surface area contributed by atoms with Crippen molar-refractivity contribution in [1.82, 2.24) is 5.32 Å². The third-order valence-electron chi connectivity index (χ3n) is 4.96. The van der Waals surface area contributed by atoms with E-state index in [1.165, 1.54) is 36.8 Å². The van der Waals surface area contributed by atoms with Crippen molar-refractivity contribution < 1.29 is 4.79 Å². The summed E-state index contributed by atoms with van der Waals surface area (Å²) in [5.74, 6) is 1.69. The third kappa shape index (κ3) is 3.29. The highest BCUT2D eigenvalue weighted by Crippen LogP contribution is 2.34. The lowest BCUT2D eigenvalue weighted by Gasteiger charge is -2.25. The molecule has 0 bridgehead atoms. The van der Waals surface area contributed by atoms with E-state index in [1.807, 2.05) is 0 Å². The van der Waals surface area contributed by atoms with E-state index in [9.17, 15) is 4.79 Å². The Labute approximate surface area is 122 Å². The molecule has 0 aromatic heterocycles. The van der Waals surface area contributed by atoms with Crippen LogP contribution in [-0.2, 0) is 11.2 Å². The van der Waals surface area contributed by atoms with Gasteiger partial charge in [0.1, 0.15) is 5.78 Å². The zero-order valence-corrected chi connectivity index (χ0v) is 12.2. The molecular weight excluding hydrogens is 246 g/mol. The molecule has 20 heavy (non-hydrogen) atoms. The maximum absolute atomic E-state index is 12.3. The predicted molar refractivity (Wildman–Crippen MR) is 82.0 cm³/mol. The number of carbonyl (C=O) groups excluding carboxylic acids is 1. The largest absolute Gasteiger partial charge is 0.316 e. The van der Waals surface area contributed by atoms with Crippen molar-refractivity contribution in [1.29, 1.82) is 0 Å². The average Bonchev–Trinajstić information content (AvgIpc) is 2.99. The number of rotatable bonds is 5. The number of aryl methyl sites for hydroxylation is 1. The minimum absolute atomic E-state index is 0.471. The zero-order chi connectivity index (χ0) is 13.8. The lowest BCUT2D eigenvalue weighted by Crippen LogP contribution is -2.15.